The lowest BCUT2D eigenvalue weighted by atomic mass is 9.93. The standard InChI is InChI=1S/C26H22ClF3N2O6/c1-36-24-15(4-7-22(32-24)26(28,29)30)8-10-31-23(33)14-2-5-16(6-3-14)38-21-13-20-18(12-19(21)27)17(25(34)35)9-11-37-20/h2-7,12-13,17H,8-11H2,1H3,(H,31,33)(H,34,35). The zero-order chi connectivity index (χ0) is 27.4. The van der Waals surface area contributed by atoms with E-state index in [0.29, 0.717) is 34.6 Å². The largest absolute Gasteiger partial charge is 0.493 e. The number of carboxylic acid groups (broad SMARTS) is 1. The Kier molecular flexibility index (Phi) is 7.96. The average molecular weight is 551 g/mol. The predicted octanol–water partition coefficient (Wildman–Crippen LogP) is 5.48. The van der Waals surface area contributed by atoms with E-state index in [1.165, 1.54) is 37.4 Å². The molecule has 0 aliphatic carbocycles. The first-order valence-corrected chi connectivity index (χ1v) is 11.8. The van der Waals surface area contributed by atoms with Crippen molar-refractivity contribution < 1.29 is 42.1 Å². The monoisotopic (exact) mass is 550 g/mol. The molecule has 0 fully saturated rings. The maximum Gasteiger partial charge on any atom is 0.433 e. The molecule has 4 rings (SSSR count). The summed E-state index contributed by atoms with van der Waals surface area (Å²) in [5.74, 6) is -1.17. The number of carboxylic acids is 1. The van der Waals surface area contributed by atoms with Gasteiger partial charge in [-0.1, -0.05) is 17.7 Å². The van der Waals surface area contributed by atoms with Crippen molar-refractivity contribution in [3.05, 3.63) is 75.9 Å². The van der Waals surface area contributed by atoms with Crippen molar-refractivity contribution >= 4 is 23.5 Å². The topological polar surface area (TPSA) is 107 Å². The Labute approximate surface area is 220 Å². The minimum Gasteiger partial charge on any atom is -0.493 e. The normalized spacial score (nSPS) is 14.7. The summed E-state index contributed by atoms with van der Waals surface area (Å²) in [5, 5.41) is 12.3. The molecule has 1 amide bonds. The van der Waals surface area contributed by atoms with E-state index in [0.717, 1.165) is 6.07 Å². The van der Waals surface area contributed by atoms with E-state index in [1.807, 2.05) is 0 Å². The number of alkyl halides is 3. The molecule has 1 aromatic heterocycles. The first-order chi connectivity index (χ1) is 18.1. The van der Waals surface area contributed by atoms with E-state index in [-0.39, 0.29) is 36.2 Å². The van der Waals surface area contributed by atoms with Crippen LogP contribution in [0.5, 0.6) is 23.1 Å². The van der Waals surface area contributed by atoms with E-state index in [9.17, 15) is 27.9 Å². The number of carbonyl (C=O) groups excluding carboxylic acids is 1. The highest BCUT2D eigenvalue weighted by Crippen LogP contribution is 2.41. The molecule has 1 atom stereocenters. The molecule has 1 unspecified atom stereocenters. The number of pyridine rings is 1. The molecule has 2 N–H and O–H groups in total. The number of carbonyl (C=O) groups is 2. The Balaban J connectivity index is 1.37. The van der Waals surface area contributed by atoms with Crippen LogP contribution in [0.2, 0.25) is 5.02 Å². The zero-order valence-corrected chi connectivity index (χ0v) is 20.7. The van der Waals surface area contributed by atoms with Crippen LogP contribution in [0.15, 0.2) is 48.5 Å². The van der Waals surface area contributed by atoms with Crippen molar-refractivity contribution in [3.63, 3.8) is 0 Å². The van der Waals surface area contributed by atoms with Crippen LogP contribution in [-0.2, 0) is 17.4 Å². The number of rotatable bonds is 8. The third kappa shape index (κ3) is 6.10. The molecular formula is C26H22ClF3N2O6. The molecule has 0 radical (unpaired) electrons. The second-order valence-corrected chi connectivity index (χ2v) is 8.75. The second-order valence-electron chi connectivity index (χ2n) is 8.34. The fraction of sp³-hybridized carbons (Fsp3) is 0.269. The number of nitrogens with zero attached hydrogens (tertiary/aromatic N) is 1. The smallest absolute Gasteiger partial charge is 0.433 e. The predicted molar refractivity (Wildman–Crippen MR) is 130 cm³/mol. The molecule has 0 spiro atoms. The number of aliphatic carboxylic acids is 1. The number of amides is 1. The van der Waals surface area contributed by atoms with Gasteiger partial charge in [0.1, 0.15) is 22.9 Å². The fourth-order valence-corrected chi connectivity index (χ4v) is 4.14. The molecule has 0 bridgehead atoms. The molecule has 12 heteroatoms. The van der Waals surface area contributed by atoms with Gasteiger partial charge in [0.05, 0.1) is 24.7 Å². The lowest BCUT2D eigenvalue weighted by Gasteiger charge is -2.24. The summed E-state index contributed by atoms with van der Waals surface area (Å²) in [6.45, 7) is 0.402. The zero-order valence-electron chi connectivity index (χ0n) is 20.0. The first-order valence-electron chi connectivity index (χ1n) is 11.4. The maximum atomic E-state index is 12.8. The number of fused-ring (bicyclic) bond motifs is 1. The SMILES string of the molecule is COc1nc(C(F)(F)F)ccc1CCNC(=O)c1ccc(Oc2cc3c(cc2Cl)C(C(=O)O)CCO3)cc1. The van der Waals surface area contributed by atoms with Crippen LogP contribution < -0.4 is 19.5 Å². The Hall–Kier alpha value is -3.99. The number of halogens is 4. The van der Waals surface area contributed by atoms with E-state index >= 15 is 0 Å². The van der Waals surface area contributed by atoms with Gasteiger partial charge in [-0.05, 0) is 49.2 Å². The molecule has 8 nitrogen and oxygen atoms in total. The molecule has 2 heterocycles. The van der Waals surface area contributed by atoms with Crippen LogP contribution in [0.25, 0.3) is 0 Å². The minimum absolute atomic E-state index is 0.141. The summed E-state index contributed by atoms with van der Waals surface area (Å²) in [7, 11) is 1.23. The highest BCUT2D eigenvalue weighted by molar-refractivity contribution is 6.32. The van der Waals surface area contributed by atoms with Crippen molar-refractivity contribution in [1.29, 1.82) is 0 Å². The van der Waals surface area contributed by atoms with E-state index in [2.05, 4.69) is 10.3 Å². The summed E-state index contributed by atoms with van der Waals surface area (Å²) in [6, 6.07) is 11.4. The molecule has 200 valence electrons. The van der Waals surface area contributed by atoms with Crippen molar-refractivity contribution in [3.8, 4) is 23.1 Å². The molecular weight excluding hydrogens is 529 g/mol. The molecule has 38 heavy (non-hydrogen) atoms. The van der Waals surface area contributed by atoms with Crippen LogP contribution in [-0.4, -0.2) is 42.2 Å². The lowest BCUT2D eigenvalue weighted by molar-refractivity contribution is -0.141. The molecule has 1 aliphatic rings. The summed E-state index contributed by atoms with van der Waals surface area (Å²) in [4.78, 5) is 27.5. The summed E-state index contributed by atoms with van der Waals surface area (Å²) < 4.78 is 54.9. The van der Waals surface area contributed by atoms with Gasteiger partial charge < -0.3 is 24.6 Å². The number of aromatic nitrogens is 1. The maximum absolute atomic E-state index is 12.8. The van der Waals surface area contributed by atoms with Crippen molar-refractivity contribution in [2.45, 2.75) is 24.9 Å². The van der Waals surface area contributed by atoms with Crippen LogP contribution >= 0.6 is 11.6 Å². The van der Waals surface area contributed by atoms with Crippen LogP contribution in [0.3, 0.4) is 0 Å². The Bertz CT molecular complexity index is 1350. The van der Waals surface area contributed by atoms with E-state index < -0.39 is 29.7 Å². The van der Waals surface area contributed by atoms with Crippen molar-refractivity contribution in [2.75, 3.05) is 20.3 Å². The molecule has 3 aromatic rings. The van der Waals surface area contributed by atoms with Crippen LogP contribution in [0, 0.1) is 0 Å². The van der Waals surface area contributed by atoms with Crippen LogP contribution in [0.1, 0.15) is 39.5 Å². The molecule has 1 aliphatic heterocycles. The fourth-order valence-electron chi connectivity index (χ4n) is 3.93. The number of ether oxygens (including phenoxy) is 3. The van der Waals surface area contributed by atoms with Crippen molar-refractivity contribution in [2.24, 2.45) is 0 Å². The van der Waals surface area contributed by atoms with Gasteiger partial charge in [-0.3, -0.25) is 9.59 Å². The quantitative estimate of drug-likeness (QED) is 0.382. The Morgan fingerprint density at radius 2 is 1.92 bits per heavy atom. The van der Waals surface area contributed by atoms with Gasteiger partial charge in [-0.25, -0.2) is 4.98 Å². The van der Waals surface area contributed by atoms with Gasteiger partial charge >= 0.3 is 12.1 Å². The van der Waals surface area contributed by atoms with Crippen LogP contribution in [0.4, 0.5) is 13.2 Å². The third-order valence-electron chi connectivity index (χ3n) is 5.85. The summed E-state index contributed by atoms with van der Waals surface area (Å²) >= 11 is 6.32. The van der Waals surface area contributed by atoms with Crippen molar-refractivity contribution in [1.82, 2.24) is 10.3 Å². The van der Waals surface area contributed by atoms with Gasteiger partial charge in [0.15, 0.2) is 0 Å². The van der Waals surface area contributed by atoms with E-state index in [1.54, 1.807) is 12.1 Å². The number of methoxy groups -OCH3 is 1. The van der Waals surface area contributed by atoms with Gasteiger partial charge in [-0.2, -0.15) is 13.2 Å². The first kappa shape index (κ1) is 27.1. The lowest BCUT2D eigenvalue weighted by Crippen LogP contribution is -2.25. The molecule has 2 aromatic carbocycles. The Morgan fingerprint density at radius 1 is 1.18 bits per heavy atom. The number of hydrogen-bond donors (Lipinski definition) is 2. The molecule has 0 saturated carbocycles. The highest BCUT2D eigenvalue weighted by atomic mass is 35.5. The van der Waals surface area contributed by atoms with Gasteiger partial charge in [-0.15, -0.1) is 0 Å². The second kappa shape index (κ2) is 11.2. The summed E-state index contributed by atoms with van der Waals surface area (Å²) in [6.07, 6.45) is -4.03. The number of nitrogens with one attached hydrogen (secondary N) is 1. The average Bonchev–Trinajstić information content (AvgIpc) is 2.88. The van der Waals surface area contributed by atoms with Gasteiger partial charge in [0.2, 0.25) is 5.88 Å². The van der Waals surface area contributed by atoms with Gasteiger partial charge in [0.25, 0.3) is 5.91 Å². The third-order valence-corrected chi connectivity index (χ3v) is 6.14. The number of benzene rings is 2. The summed E-state index contributed by atoms with van der Waals surface area (Å²) in [5.41, 5.74) is 0.181. The molecule has 0 saturated heterocycles. The highest BCUT2D eigenvalue weighted by Gasteiger charge is 2.33. The van der Waals surface area contributed by atoms with Gasteiger partial charge in [0, 0.05) is 29.3 Å². The van der Waals surface area contributed by atoms with E-state index in [4.69, 9.17) is 25.8 Å². The number of hydrogen-bond acceptors (Lipinski definition) is 6. The Morgan fingerprint density at radius 3 is 2.58 bits per heavy atom. The minimum atomic E-state index is -4.58.